The Morgan fingerprint density at radius 2 is 2.13 bits per heavy atom. The number of tetrazole rings is 1. The van der Waals surface area contributed by atoms with Crippen molar-refractivity contribution in [1.82, 2.24) is 30.9 Å². The molecule has 2 aromatic carbocycles. The average Bonchev–Trinajstić information content (AvgIpc) is 3.37. The van der Waals surface area contributed by atoms with Gasteiger partial charge in [-0.05, 0) is 41.8 Å². The molecule has 2 aromatic heterocycles. The van der Waals surface area contributed by atoms with E-state index in [1.54, 1.807) is 12.1 Å². The van der Waals surface area contributed by atoms with E-state index in [-0.39, 0.29) is 18.4 Å². The molecular formula is C21H19ClN6O2. The fraction of sp³-hybridized carbons (Fsp3) is 0.238. The lowest BCUT2D eigenvalue weighted by Crippen LogP contribution is -2.47. The molecule has 1 aliphatic rings. The Kier molecular flexibility index (Phi) is 4.52. The zero-order valence-electron chi connectivity index (χ0n) is 15.9. The van der Waals surface area contributed by atoms with Gasteiger partial charge in [0, 0.05) is 34.8 Å². The lowest BCUT2D eigenvalue weighted by atomic mass is 9.75. The van der Waals surface area contributed by atoms with Crippen LogP contribution in [-0.2, 0) is 18.4 Å². The maximum atomic E-state index is 12.9. The summed E-state index contributed by atoms with van der Waals surface area (Å²) < 4.78 is 0. The van der Waals surface area contributed by atoms with Crippen LogP contribution in [0.1, 0.15) is 33.9 Å². The van der Waals surface area contributed by atoms with Crippen LogP contribution < -0.4 is 5.32 Å². The van der Waals surface area contributed by atoms with Crippen LogP contribution in [0.4, 0.5) is 0 Å². The number of carbonyl (C=O) groups excluding carboxylic acids is 1. The van der Waals surface area contributed by atoms with Crippen molar-refractivity contribution in [3.05, 3.63) is 76.2 Å². The van der Waals surface area contributed by atoms with E-state index in [9.17, 15) is 9.90 Å². The highest BCUT2D eigenvalue weighted by Crippen LogP contribution is 2.37. The van der Waals surface area contributed by atoms with Crippen LogP contribution in [-0.4, -0.2) is 42.7 Å². The summed E-state index contributed by atoms with van der Waals surface area (Å²) in [5.74, 6) is 0.195. The lowest BCUT2D eigenvalue weighted by molar-refractivity contribution is 0.00773. The molecule has 0 radical (unpaired) electrons. The minimum atomic E-state index is -1.20. The molecule has 5 rings (SSSR count). The molecule has 4 N–H and O–H groups in total. The van der Waals surface area contributed by atoms with E-state index in [1.807, 2.05) is 36.4 Å². The summed E-state index contributed by atoms with van der Waals surface area (Å²) in [6.45, 7) is 0. The molecule has 1 unspecified atom stereocenters. The van der Waals surface area contributed by atoms with Crippen molar-refractivity contribution in [3.63, 3.8) is 0 Å². The molecule has 30 heavy (non-hydrogen) atoms. The van der Waals surface area contributed by atoms with Crippen LogP contribution in [0.25, 0.3) is 10.9 Å². The van der Waals surface area contributed by atoms with Crippen LogP contribution >= 0.6 is 11.6 Å². The van der Waals surface area contributed by atoms with Crippen LogP contribution in [0.5, 0.6) is 0 Å². The summed E-state index contributed by atoms with van der Waals surface area (Å²) >= 11 is 6.04. The maximum absolute atomic E-state index is 12.9. The number of aromatic nitrogens is 5. The van der Waals surface area contributed by atoms with E-state index in [4.69, 9.17) is 11.6 Å². The number of amides is 1. The van der Waals surface area contributed by atoms with Gasteiger partial charge >= 0.3 is 0 Å². The van der Waals surface area contributed by atoms with Gasteiger partial charge in [0.15, 0.2) is 5.82 Å². The van der Waals surface area contributed by atoms with Gasteiger partial charge in [-0.15, -0.1) is 10.2 Å². The van der Waals surface area contributed by atoms with Gasteiger partial charge < -0.3 is 15.4 Å². The molecule has 0 saturated heterocycles. The second kappa shape index (κ2) is 7.23. The number of nitrogens with zero attached hydrogens (tertiary/aromatic N) is 3. The number of aromatic amines is 2. The first-order valence-electron chi connectivity index (χ1n) is 9.62. The molecule has 9 heteroatoms. The second-order valence-electron chi connectivity index (χ2n) is 7.69. The SMILES string of the molecule is O=C(NC1Cc2ccccc2[C@@](O)(Cc2nn[nH]n2)C1)c1cc2cc(Cl)ccc2[nH]1. The number of nitrogens with one attached hydrogen (secondary N) is 3. The van der Waals surface area contributed by atoms with Gasteiger partial charge in [0.2, 0.25) is 0 Å². The van der Waals surface area contributed by atoms with E-state index >= 15 is 0 Å². The highest BCUT2D eigenvalue weighted by molar-refractivity contribution is 6.31. The Bertz CT molecular complexity index is 1220. The van der Waals surface area contributed by atoms with Crippen molar-refractivity contribution in [2.75, 3.05) is 0 Å². The molecule has 2 heterocycles. The van der Waals surface area contributed by atoms with E-state index in [1.165, 1.54) is 0 Å². The normalized spacial score (nSPS) is 20.8. The van der Waals surface area contributed by atoms with Gasteiger partial charge in [-0.1, -0.05) is 41.1 Å². The Morgan fingerprint density at radius 3 is 2.97 bits per heavy atom. The molecule has 4 aromatic rings. The smallest absolute Gasteiger partial charge is 0.267 e. The van der Waals surface area contributed by atoms with Gasteiger partial charge in [-0.25, -0.2) is 0 Å². The molecule has 152 valence electrons. The van der Waals surface area contributed by atoms with Gasteiger partial charge in [0.1, 0.15) is 5.69 Å². The monoisotopic (exact) mass is 422 g/mol. The fourth-order valence-corrected chi connectivity index (χ4v) is 4.47. The van der Waals surface area contributed by atoms with Crippen molar-refractivity contribution in [2.45, 2.75) is 30.9 Å². The number of carbonyl (C=O) groups is 1. The zero-order chi connectivity index (χ0) is 20.7. The summed E-state index contributed by atoms with van der Waals surface area (Å²) in [6.07, 6.45) is 1.18. The fourth-order valence-electron chi connectivity index (χ4n) is 4.28. The van der Waals surface area contributed by atoms with E-state index in [2.05, 4.69) is 30.9 Å². The third-order valence-electron chi connectivity index (χ3n) is 5.57. The predicted octanol–water partition coefficient (Wildman–Crippen LogP) is 2.51. The molecule has 1 aliphatic carbocycles. The van der Waals surface area contributed by atoms with Gasteiger partial charge in [0.25, 0.3) is 5.91 Å². The number of benzene rings is 2. The Balaban J connectivity index is 1.41. The van der Waals surface area contributed by atoms with Crippen molar-refractivity contribution in [3.8, 4) is 0 Å². The standard InChI is InChI=1S/C21H19ClN6O2/c22-14-5-6-17-13(7-14)9-18(24-17)20(29)23-15-8-12-3-1-2-4-16(12)21(30,10-15)11-19-25-27-28-26-19/h1-7,9,15,24,30H,8,10-11H2,(H,23,29)(H,25,26,27,28)/t15?,21-/m0/s1. The molecule has 0 spiro atoms. The number of fused-ring (bicyclic) bond motifs is 2. The number of hydrogen-bond acceptors (Lipinski definition) is 5. The summed E-state index contributed by atoms with van der Waals surface area (Å²) in [4.78, 5) is 16.0. The minimum Gasteiger partial charge on any atom is -0.385 e. The first-order chi connectivity index (χ1) is 14.5. The number of halogens is 1. The lowest BCUT2D eigenvalue weighted by Gasteiger charge is -2.38. The maximum Gasteiger partial charge on any atom is 0.267 e. The minimum absolute atomic E-state index is 0.206. The zero-order valence-corrected chi connectivity index (χ0v) is 16.6. The summed E-state index contributed by atoms with van der Waals surface area (Å²) in [6, 6.07) is 14.7. The molecule has 2 atom stereocenters. The largest absolute Gasteiger partial charge is 0.385 e. The van der Waals surface area contributed by atoms with Crippen LogP contribution in [0, 0.1) is 0 Å². The summed E-state index contributed by atoms with van der Waals surface area (Å²) in [5.41, 5.74) is 1.91. The quantitative estimate of drug-likeness (QED) is 0.403. The molecule has 0 saturated carbocycles. The van der Waals surface area contributed by atoms with Crippen LogP contribution in [0.3, 0.4) is 0 Å². The first-order valence-corrected chi connectivity index (χ1v) is 10.0. The second-order valence-corrected chi connectivity index (χ2v) is 8.12. The molecular weight excluding hydrogens is 404 g/mol. The number of hydrogen-bond donors (Lipinski definition) is 4. The van der Waals surface area contributed by atoms with Gasteiger partial charge in [0.05, 0.1) is 5.60 Å². The number of rotatable bonds is 4. The number of aliphatic hydroxyl groups is 1. The van der Waals surface area contributed by atoms with Crippen molar-refractivity contribution in [2.24, 2.45) is 0 Å². The first kappa shape index (κ1) is 18.8. The van der Waals surface area contributed by atoms with E-state index < -0.39 is 5.60 Å². The molecule has 1 amide bonds. The highest BCUT2D eigenvalue weighted by Gasteiger charge is 2.40. The number of H-pyrrole nitrogens is 2. The molecule has 8 nitrogen and oxygen atoms in total. The third-order valence-corrected chi connectivity index (χ3v) is 5.81. The summed E-state index contributed by atoms with van der Waals surface area (Å²) in [5, 5.41) is 30.0. The van der Waals surface area contributed by atoms with Crippen LogP contribution in [0.15, 0.2) is 48.5 Å². The Morgan fingerprint density at radius 1 is 1.27 bits per heavy atom. The van der Waals surface area contributed by atoms with Crippen LogP contribution in [0.2, 0.25) is 5.02 Å². The summed E-state index contributed by atoms with van der Waals surface area (Å²) in [7, 11) is 0. The van der Waals surface area contributed by atoms with E-state index in [0.717, 1.165) is 22.0 Å². The Hall–Kier alpha value is -3.23. The van der Waals surface area contributed by atoms with Crippen molar-refractivity contribution in [1.29, 1.82) is 0 Å². The van der Waals surface area contributed by atoms with E-state index in [0.29, 0.717) is 29.4 Å². The Labute approximate surface area is 176 Å². The topological polar surface area (TPSA) is 120 Å². The average molecular weight is 423 g/mol. The molecule has 0 fully saturated rings. The third kappa shape index (κ3) is 3.44. The highest BCUT2D eigenvalue weighted by atomic mass is 35.5. The molecule has 0 aliphatic heterocycles. The van der Waals surface area contributed by atoms with Gasteiger partial charge in [-0.3, -0.25) is 4.79 Å². The molecule has 0 bridgehead atoms. The van der Waals surface area contributed by atoms with Crippen molar-refractivity contribution < 1.29 is 9.90 Å². The van der Waals surface area contributed by atoms with Gasteiger partial charge in [-0.2, -0.15) is 5.21 Å². The predicted molar refractivity (Wildman–Crippen MR) is 111 cm³/mol. The van der Waals surface area contributed by atoms with Crippen molar-refractivity contribution >= 4 is 28.4 Å².